The van der Waals surface area contributed by atoms with Gasteiger partial charge in [-0.3, -0.25) is 0 Å². The number of alkyl halides is 3. The molecule has 0 bridgehead atoms. The van der Waals surface area contributed by atoms with E-state index in [1.807, 2.05) is 48.5 Å². The van der Waals surface area contributed by atoms with Crippen molar-refractivity contribution in [1.29, 1.82) is 0 Å². The summed E-state index contributed by atoms with van der Waals surface area (Å²) < 4.78 is 40.2. The molecule has 4 rings (SSSR count). The zero-order chi connectivity index (χ0) is 17.4. The van der Waals surface area contributed by atoms with Crippen molar-refractivity contribution >= 4 is 5.78 Å². The van der Waals surface area contributed by atoms with E-state index in [-0.39, 0.29) is 5.78 Å². The topological polar surface area (TPSA) is 43.1 Å². The van der Waals surface area contributed by atoms with Crippen LogP contribution in [0.25, 0.3) is 28.3 Å². The summed E-state index contributed by atoms with van der Waals surface area (Å²) in [5, 5.41) is 3.61. The first-order valence-electron chi connectivity index (χ1n) is 7.48. The molecule has 4 nitrogen and oxygen atoms in total. The second-order valence-electron chi connectivity index (χ2n) is 5.40. The first kappa shape index (κ1) is 15.3. The van der Waals surface area contributed by atoms with Crippen LogP contribution >= 0.6 is 0 Å². The molecule has 0 atom stereocenters. The van der Waals surface area contributed by atoms with Gasteiger partial charge in [-0.05, 0) is 6.07 Å². The third-order valence-corrected chi connectivity index (χ3v) is 3.70. The molecule has 0 saturated heterocycles. The second-order valence-corrected chi connectivity index (χ2v) is 5.40. The summed E-state index contributed by atoms with van der Waals surface area (Å²) in [6.07, 6.45) is -4.63. The molecule has 25 heavy (non-hydrogen) atoms. The van der Waals surface area contributed by atoms with E-state index >= 15 is 0 Å². The molecule has 0 aliphatic rings. The summed E-state index contributed by atoms with van der Waals surface area (Å²) in [5.41, 5.74) is 2.55. The molecule has 0 saturated carbocycles. The van der Waals surface area contributed by atoms with Gasteiger partial charge in [-0.15, -0.1) is 5.10 Å². The standard InChI is InChI=1S/C18H11F3N4/c19-18(20,21)16-23-17-22-14(12-7-3-1-4-8-12)11-15(25(17)24-16)13-9-5-2-6-10-13/h1-11H. The molecule has 0 aliphatic carbocycles. The smallest absolute Gasteiger partial charge is 0.211 e. The molecular weight excluding hydrogens is 329 g/mol. The van der Waals surface area contributed by atoms with Gasteiger partial charge in [0.05, 0.1) is 11.4 Å². The molecular formula is C18H11F3N4. The fraction of sp³-hybridized carbons (Fsp3) is 0.0556. The Morgan fingerprint density at radius 3 is 1.96 bits per heavy atom. The number of nitrogens with zero attached hydrogens (tertiary/aromatic N) is 4. The highest BCUT2D eigenvalue weighted by Crippen LogP contribution is 2.30. The number of halogens is 3. The first-order valence-corrected chi connectivity index (χ1v) is 7.48. The Morgan fingerprint density at radius 1 is 0.760 bits per heavy atom. The lowest BCUT2D eigenvalue weighted by atomic mass is 10.1. The van der Waals surface area contributed by atoms with Gasteiger partial charge in [0.1, 0.15) is 0 Å². The van der Waals surface area contributed by atoms with Crippen molar-refractivity contribution in [3.63, 3.8) is 0 Å². The number of fused-ring (bicyclic) bond motifs is 1. The van der Waals surface area contributed by atoms with Crippen molar-refractivity contribution in [2.75, 3.05) is 0 Å². The summed E-state index contributed by atoms with van der Waals surface area (Å²) in [5.74, 6) is -1.30. The van der Waals surface area contributed by atoms with E-state index in [0.717, 1.165) is 15.6 Å². The number of benzene rings is 2. The Balaban J connectivity index is 2.01. The highest BCUT2D eigenvalue weighted by atomic mass is 19.4. The van der Waals surface area contributed by atoms with Gasteiger partial charge in [0.15, 0.2) is 0 Å². The van der Waals surface area contributed by atoms with Gasteiger partial charge in [0.25, 0.3) is 11.6 Å². The Hall–Kier alpha value is -3.22. The van der Waals surface area contributed by atoms with Gasteiger partial charge in [-0.1, -0.05) is 60.7 Å². The Bertz CT molecular complexity index is 1020. The van der Waals surface area contributed by atoms with Gasteiger partial charge >= 0.3 is 6.18 Å². The minimum atomic E-state index is -4.63. The van der Waals surface area contributed by atoms with E-state index in [1.54, 1.807) is 18.2 Å². The third kappa shape index (κ3) is 2.84. The fourth-order valence-electron chi connectivity index (χ4n) is 2.56. The summed E-state index contributed by atoms with van der Waals surface area (Å²) >= 11 is 0. The zero-order valence-electron chi connectivity index (χ0n) is 12.8. The van der Waals surface area contributed by atoms with E-state index in [9.17, 15) is 13.2 Å². The zero-order valence-corrected chi connectivity index (χ0v) is 12.8. The first-order chi connectivity index (χ1) is 12.0. The monoisotopic (exact) mass is 340 g/mol. The van der Waals surface area contributed by atoms with Gasteiger partial charge in [-0.2, -0.15) is 22.7 Å². The van der Waals surface area contributed by atoms with Gasteiger partial charge in [0, 0.05) is 11.1 Å². The molecule has 0 unspecified atom stereocenters. The molecule has 2 aromatic heterocycles. The quantitative estimate of drug-likeness (QED) is 0.540. The molecule has 0 radical (unpaired) electrons. The van der Waals surface area contributed by atoms with Crippen LogP contribution in [-0.2, 0) is 6.18 Å². The van der Waals surface area contributed by atoms with Crippen LogP contribution in [0.4, 0.5) is 13.2 Å². The minimum absolute atomic E-state index is 0.0902. The lowest BCUT2D eigenvalue weighted by molar-refractivity contribution is -0.144. The normalized spacial score (nSPS) is 11.8. The van der Waals surface area contributed by atoms with Crippen LogP contribution in [0, 0.1) is 0 Å². The average molecular weight is 340 g/mol. The van der Waals surface area contributed by atoms with E-state index in [0.29, 0.717) is 11.4 Å². The summed E-state index contributed by atoms with van der Waals surface area (Å²) in [6, 6.07) is 20.0. The highest BCUT2D eigenvalue weighted by molar-refractivity contribution is 5.70. The lowest BCUT2D eigenvalue weighted by Crippen LogP contribution is -2.07. The lowest BCUT2D eigenvalue weighted by Gasteiger charge is -2.07. The van der Waals surface area contributed by atoms with Crippen molar-refractivity contribution in [2.24, 2.45) is 0 Å². The maximum atomic E-state index is 13.0. The second kappa shape index (κ2) is 5.70. The SMILES string of the molecule is FC(F)(F)c1nc2nc(-c3ccccc3)cc(-c3ccccc3)n2n1. The summed E-state index contributed by atoms with van der Waals surface area (Å²) in [6.45, 7) is 0. The van der Waals surface area contributed by atoms with E-state index in [2.05, 4.69) is 15.1 Å². The van der Waals surface area contributed by atoms with E-state index < -0.39 is 12.0 Å². The van der Waals surface area contributed by atoms with Crippen molar-refractivity contribution in [3.8, 4) is 22.5 Å². The molecule has 4 aromatic rings. The molecule has 0 spiro atoms. The van der Waals surface area contributed by atoms with Crippen molar-refractivity contribution in [1.82, 2.24) is 19.6 Å². The van der Waals surface area contributed by atoms with Crippen LogP contribution in [0.5, 0.6) is 0 Å². The van der Waals surface area contributed by atoms with Crippen molar-refractivity contribution in [3.05, 3.63) is 72.6 Å². The molecule has 0 amide bonds. The highest BCUT2D eigenvalue weighted by Gasteiger charge is 2.37. The summed E-state index contributed by atoms with van der Waals surface area (Å²) in [7, 11) is 0. The third-order valence-electron chi connectivity index (χ3n) is 3.70. The Labute approximate surface area is 140 Å². The Kier molecular flexibility index (Phi) is 3.49. The molecule has 124 valence electrons. The molecule has 0 N–H and O–H groups in total. The van der Waals surface area contributed by atoms with Crippen LogP contribution in [0.15, 0.2) is 66.7 Å². The number of hydrogen-bond donors (Lipinski definition) is 0. The van der Waals surface area contributed by atoms with Crippen LogP contribution in [0.1, 0.15) is 5.82 Å². The molecule has 2 aromatic carbocycles. The van der Waals surface area contributed by atoms with Crippen molar-refractivity contribution in [2.45, 2.75) is 6.18 Å². The van der Waals surface area contributed by atoms with Crippen LogP contribution in [0.3, 0.4) is 0 Å². The number of hydrogen-bond acceptors (Lipinski definition) is 3. The largest absolute Gasteiger partial charge is 0.453 e. The van der Waals surface area contributed by atoms with Crippen LogP contribution in [-0.4, -0.2) is 19.6 Å². The molecule has 7 heteroatoms. The van der Waals surface area contributed by atoms with Gasteiger partial charge in [0.2, 0.25) is 0 Å². The number of rotatable bonds is 2. The minimum Gasteiger partial charge on any atom is -0.211 e. The molecule has 0 aliphatic heterocycles. The maximum absolute atomic E-state index is 13.0. The van der Waals surface area contributed by atoms with Crippen LogP contribution < -0.4 is 0 Å². The van der Waals surface area contributed by atoms with Crippen LogP contribution in [0.2, 0.25) is 0 Å². The number of aromatic nitrogens is 4. The van der Waals surface area contributed by atoms with E-state index in [1.165, 1.54) is 0 Å². The predicted octanol–water partition coefficient (Wildman–Crippen LogP) is 4.48. The molecule has 2 heterocycles. The van der Waals surface area contributed by atoms with E-state index in [4.69, 9.17) is 0 Å². The summed E-state index contributed by atoms with van der Waals surface area (Å²) in [4.78, 5) is 7.83. The average Bonchev–Trinajstić information content (AvgIpc) is 3.07. The predicted molar refractivity (Wildman–Crippen MR) is 86.7 cm³/mol. The Morgan fingerprint density at radius 2 is 1.36 bits per heavy atom. The van der Waals surface area contributed by atoms with Gasteiger partial charge in [-0.25, -0.2) is 4.98 Å². The fourth-order valence-corrected chi connectivity index (χ4v) is 2.56. The van der Waals surface area contributed by atoms with Gasteiger partial charge < -0.3 is 0 Å². The van der Waals surface area contributed by atoms with Crippen molar-refractivity contribution < 1.29 is 13.2 Å². The maximum Gasteiger partial charge on any atom is 0.453 e. The molecule has 0 fully saturated rings.